The summed E-state index contributed by atoms with van der Waals surface area (Å²) < 4.78 is 0. The van der Waals surface area contributed by atoms with Crippen LogP contribution in [0.25, 0.3) is 6.08 Å². The maximum atomic E-state index is 12.7. The first-order chi connectivity index (χ1) is 29.8. The zero-order chi connectivity index (χ0) is 46.4. The number of carbonyl (C=O) groups is 4. The molecule has 7 atom stereocenters. The summed E-state index contributed by atoms with van der Waals surface area (Å²) in [6.07, 6.45) is 6.71. The number of carbonyl (C=O) groups excluding carboxylic acids is 2. The first-order valence-corrected chi connectivity index (χ1v) is 21.7. The number of aromatic nitrogens is 4. The molecule has 0 aliphatic carbocycles. The summed E-state index contributed by atoms with van der Waals surface area (Å²) >= 11 is 4.24. The first kappa shape index (κ1) is 54.4. The van der Waals surface area contributed by atoms with Gasteiger partial charge in [-0.1, -0.05) is 48.8 Å². The Bertz CT molecular complexity index is 2290. The summed E-state index contributed by atoms with van der Waals surface area (Å²) in [5.74, 6) is -4.13. The van der Waals surface area contributed by atoms with E-state index in [1.165, 1.54) is 22.2 Å². The Kier molecular flexibility index (Phi) is 19.6. The molecular formula is C45H62CoN9O9S. The second kappa shape index (κ2) is 23.5. The number of rotatable bonds is 14. The van der Waals surface area contributed by atoms with Crippen LogP contribution in [-0.4, -0.2) is 90.8 Å². The van der Waals surface area contributed by atoms with Gasteiger partial charge in [-0.3, -0.25) is 9.59 Å². The quantitative estimate of drug-likeness (QED) is 0.0651. The molecule has 6 heterocycles. The van der Waals surface area contributed by atoms with Crippen molar-refractivity contribution >= 4 is 54.8 Å². The second-order valence-electron chi connectivity index (χ2n) is 16.8. The average Bonchev–Trinajstić information content (AvgIpc) is 3.91. The number of hydrogen-bond acceptors (Lipinski definition) is 13. The van der Waals surface area contributed by atoms with Crippen LogP contribution in [0.4, 0.5) is 11.8 Å². The van der Waals surface area contributed by atoms with E-state index in [2.05, 4.69) is 60.6 Å². The molecule has 1 amide bonds. The van der Waals surface area contributed by atoms with E-state index >= 15 is 0 Å². The topological polar surface area (TPSA) is 317 Å². The molecule has 1 fully saturated rings. The number of anilines is 2. The van der Waals surface area contributed by atoms with Gasteiger partial charge in [0.15, 0.2) is 0 Å². The van der Waals surface area contributed by atoms with Crippen molar-refractivity contribution in [3.05, 3.63) is 85.1 Å². The first-order valence-electron chi connectivity index (χ1n) is 21.2. The minimum Gasteiger partial charge on any atom is -0.664 e. The number of aliphatic carboxylic acids is 2. The predicted molar refractivity (Wildman–Crippen MR) is 243 cm³/mol. The van der Waals surface area contributed by atoms with E-state index < -0.39 is 29.9 Å². The molecule has 18 nitrogen and oxygen atoms in total. The number of carboxylic acids is 3. The molecule has 0 saturated carbocycles. The zero-order valence-electron chi connectivity index (χ0n) is 37.6. The van der Waals surface area contributed by atoms with Gasteiger partial charge >= 0.3 is 28.7 Å². The van der Waals surface area contributed by atoms with Gasteiger partial charge in [-0.2, -0.15) is 22.1 Å². The summed E-state index contributed by atoms with van der Waals surface area (Å²) in [7, 11) is 0. The molecule has 0 spiro atoms. The van der Waals surface area contributed by atoms with Crippen molar-refractivity contribution in [3.63, 3.8) is 0 Å². The fourth-order valence-electron chi connectivity index (χ4n) is 9.69. The van der Waals surface area contributed by atoms with Crippen LogP contribution >= 0.6 is 12.6 Å². The largest absolute Gasteiger partial charge is 3.00 e. The van der Waals surface area contributed by atoms with E-state index in [1.807, 2.05) is 13.0 Å². The number of nitrogens with zero attached hydrogens (tertiary/aromatic N) is 5. The predicted octanol–water partition coefficient (Wildman–Crippen LogP) is 1.96. The number of fused-ring (bicyclic) bond motifs is 8. The van der Waals surface area contributed by atoms with Crippen molar-refractivity contribution in [2.45, 2.75) is 130 Å². The van der Waals surface area contributed by atoms with Crippen LogP contribution in [0.15, 0.2) is 34.5 Å². The molecule has 5 unspecified atom stereocenters. The number of thiol groups is 1. The summed E-state index contributed by atoms with van der Waals surface area (Å²) in [4.78, 5) is 67.5. The molecule has 3 aromatic heterocycles. The number of nitrogens with two attached hydrogens (primary N) is 2. The van der Waals surface area contributed by atoms with Crippen LogP contribution in [0.2, 0.25) is 0 Å². The average molecular weight is 964 g/mol. The fraction of sp³-hybridized carbons (Fsp3) is 0.511. The molecule has 3 aromatic rings. The van der Waals surface area contributed by atoms with Crippen LogP contribution in [0.5, 0.6) is 0 Å². The van der Waals surface area contributed by atoms with Crippen LogP contribution in [0.1, 0.15) is 121 Å². The van der Waals surface area contributed by atoms with E-state index in [0.717, 1.165) is 28.9 Å². The third kappa shape index (κ3) is 12.1. The Morgan fingerprint density at radius 3 is 2.28 bits per heavy atom. The number of aliphatic hydroxyl groups excluding tert-OH is 1. The molecule has 8 bridgehead atoms. The molecule has 0 aromatic carbocycles. The molecule has 20 heteroatoms. The van der Waals surface area contributed by atoms with E-state index in [0.29, 0.717) is 59.5 Å². The van der Waals surface area contributed by atoms with Gasteiger partial charge in [0.2, 0.25) is 12.4 Å². The number of aliphatic hydroxyl groups is 1. The van der Waals surface area contributed by atoms with E-state index in [4.69, 9.17) is 26.5 Å². The molecule has 0 radical (unpaired) electrons. The summed E-state index contributed by atoms with van der Waals surface area (Å²) in [6.45, 7) is 16.1. The number of aromatic carboxylic acids is 1. The maximum Gasteiger partial charge on any atom is 3.00 e. The molecular weight excluding hydrogens is 902 g/mol. The van der Waals surface area contributed by atoms with Gasteiger partial charge in [0, 0.05) is 71.1 Å². The zero-order valence-corrected chi connectivity index (χ0v) is 39.5. The maximum absolute atomic E-state index is 12.7. The normalized spacial score (nSPS) is 22.7. The number of carboxylic acid groups (broad SMARTS) is 3. The van der Waals surface area contributed by atoms with Crippen molar-refractivity contribution in [2.24, 2.45) is 11.8 Å². The van der Waals surface area contributed by atoms with Gasteiger partial charge in [0.05, 0.1) is 13.0 Å². The third-order valence-electron chi connectivity index (χ3n) is 13.2. The molecule has 3 aliphatic heterocycles. The van der Waals surface area contributed by atoms with Gasteiger partial charge in [-0.15, -0.1) is 18.3 Å². The fourth-order valence-corrected chi connectivity index (χ4v) is 9.92. The SMILES string of the molecule is C/C(=C(/S)CCO)N(C=O)Cc1cnc(N)nc1N.C=Cc1c2[n-]c(c1C)CC1NC(C(CC(=O)O)c3[n-]c(c(C)c3C(=O)O)CC3NC(C2)C(C)=C3CC)[C@@H](CCC(=O)[O-])[C@@H]1C.O.[Co+3]. The third-order valence-corrected chi connectivity index (χ3v) is 13.8. The smallest absolute Gasteiger partial charge is 0.664 e. The van der Waals surface area contributed by atoms with Gasteiger partial charge in [-0.25, -0.2) is 9.78 Å². The molecule has 11 N–H and O–H groups in total. The molecule has 3 aliphatic rings. The van der Waals surface area contributed by atoms with E-state index in [1.54, 1.807) is 13.8 Å². The Labute approximate surface area is 395 Å². The van der Waals surface area contributed by atoms with E-state index in [-0.39, 0.29) is 108 Å². The minimum atomic E-state index is -1.17. The summed E-state index contributed by atoms with van der Waals surface area (Å²) in [5, 5.41) is 48.3. The Balaban J connectivity index is 0.000000452. The number of nitrogen functional groups attached to an aromatic ring is 2. The van der Waals surface area contributed by atoms with Crippen molar-refractivity contribution in [2.75, 3.05) is 18.1 Å². The molecule has 65 heavy (non-hydrogen) atoms. The Morgan fingerprint density at radius 1 is 1.05 bits per heavy atom. The Morgan fingerprint density at radius 2 is 1.71 bits per heavy atom. The van der Waals surface area contributed by atoms with Crippen LogP contribution < -0.4 is 37.2 Å². The van der Waals surface area contributed by atoms with Crippen molar-refractivity contribution < 1.29 is 61.9 Å². The number of allylic oxidation sites excluding steroid dienone is 1. The summed E-state index contributed by atoms with van der Waals surface area (Å²) in [5.41, 5.74) is 20.4. The molecule has 356 valence electrons. The number of amides is 1. The van der Waals surface area contributed by atoms with Gasteiger partial charge < -0.3 is 67.7 Å². The standard InChI is InChI=1S/C34H44N4O6.C11H17N5O2S.Co.H2O/c1-7-19-15(3)23-12-25-17(5)21(9-10-29(39)40)32(37-25)22(11-30(41)42)33-31(34(43)44)18(6)26(38-33)14-28-20(8-2)16(4)24(36-28)13-27(19)35-23;1-7(9(19)2-3-17)16(6-18)5-8-4-14-11(13)15-10(8)12;;/h7,17,21-22,24-25,28,32,36-37H,1,8-14H2,2-6H3,(H,39,40)(H,41,42)(H,43,44);4,6,17,19H,2-3,5H2,1H3,(H4,12,13,14,15);;1H2/q-2;;+3;/p-1/b;9-7-;;/t17-,21-,22?,24?,25?,28?,32?;;;/m0.../s1. The van der Waals surface area contributed by atoms with Gasteiger partial charge in [-0.05, 0) is 89.5 Å². The van der Waals surface area contributed by atoms with E-state index in [9.17, 15) is 34.5 Å². The molecule has 6 rings (SSSR count). The minimum absolute atomic E-state index is 0. The monoisotopic (exact) mass is 963 g/mol. The van der Waals surface area contributed by atoms with Crippen molar-refractivity contribution in [3.8, 4) is 0 Å². The number of nitrogens with one attached hydrogen (secondary N) is 2. The summed E-state index contributed by atoms with van der Waals surface area (Å²) in [6, 6.07) is -0.638. The molecule has 1 saturated heterocycles. The second-order valence-corrected chi connectivity index (χ2v) is 17.3. The van der Waals surface area contributed by atoms with Crippen LogP contribution in [0.3, 0.4) is 0 Å². The number of hydrogen-bond donors (Lipinski definition) is 8. The van der Waals surface area contributed by atoms with Crippen LogP contribution in [-0.2, 0) is 57.0 Å². The van der Waals surface area contributed by atoms with Gasteiger partial charge in [0.1, 0.15) is 5.82 Å². The van der Waals surface area contributed by atoms with Crippen LogP contribution in [0, 0.1) is 25.7 Å². The van der Waals surface area contributed by atoms with Crippen molar-refractivity contribution in [1.82, 2.24) is 35.5 Å². The van der Waals surface area contributed by atoms with Crippen molar-refractivity contribution in [1.29, 1.82) is 0 Å². The van der Waals surface area contributed by atoms with Gasteiger partial charge in [0.25, 0.3) is 0 Å². The Hall–Kier alpha value is -4.96.